The number of alkyl carbamates (subject to hydrolysis) is 1. The summed E-state index contributed by atoms with van der Waals surface area (Å²) in [6, 6.07) is 16.6. The van der Waals surface area contributed by atoms with E-state index in [4.69, 9.17) is 16.3 Å². The molecule has 0 saturated carbocycles. The highest BCUT2D eigenvalue weighted by Gasteiger charge is 2.24. The smallest absolute Gasteiger partial charge is 0.407 e. The highest BCUT2D eigenvalue weighted by Crippen LogP contribution is 2.05. The van der Waals surface area contributed by atoms with Gasteiger partial charge in [0, 0.05) is 0 Å². The van der Waals surface area contributed by atoms with Gasteiger partial charge in [-0.2, -0.15) is 0 Å². The van der Waals surface area contributed by atoms with Crippen LogP contribution in [0.15, 0.2) is 60.7 Å². The Kier molecular flexibility index (Phi) is 10.2. The van der Waals surface area contributed by atoms with Crippen molar-refractivity contribution in [2.75, 3.05) is 12.4 Å². The van der Waals surface area contributed by atoms with Crippen molar-refractivity contribution in [2.24, 2.45) is 0 Å². The van der Waals surface area contributed by atoms with Crippen LogP contribution in [0.25, 0.3) is 0 Å². The fourth-order valence-electron chi connectivity index (χ4n) is 2.77. The lowest BCUT2D eigenvalue weighted by Crippen LogP contribution is -2.52. The molecule has 3 N–H and O–H groups in total. The number of benzene rings is 2. The van der Waals surface area contributed by atoms with Gasteiger partial charge in [-0.15, -0.1) is 11.6 Å². The van der Waals surface area contributed by atoms with Gasteiger partial charge in [-0.05, 0) is 24.5 Å². The van der Waals surface area contributed by atoms with Gasteiger partial charge in [0.05, 0.1) is 11.9 Å². The molecule has 9 heteroatoms. The minimum absolute atomic E-state index is 0.0739. The third kappa shape index (κ3) is 8.77. The summed E-state index contributed by atoms with van der Waals surface area (Å²) in [6.07, 6.45) is -0.468. The van der Waals surface area contributed by atoms with Crippen LogP contribution in [-0.2, 0) is 32.1 Å². The number of carbonyl (C=O) groups excluding carboxylic acids is 4. The maximum Gasteiger partial charge on any atom is 0.407 e. The van der Waals surface area contributed by atoms with Crippen molar-refractivity contribution in [3.8, 4) is 0 Å². The van der Waals surface area contributed by atoms with Gasteiger partial charge in [0.2, 0.25) is 11.8 Å². The molecular weight excluding hydrogens is 434 g/mol. The molecule has 0 aliphatic rings. The molecule has 8 nitrogen and oxygen atoms in total. The Morgan fingerprint density at radius 3 is 2.09 bits per heavy atom. The Morgan fingerprint density at radius 2 is 1.50 bits per heavy atom. The van der Waals surface area contributed by atoms with Crippen LogP contribution in [0.2, 0.25) is 0 Å². The summed E-state index contributed by atoms with van der Waals surface area (Å²) in [7, 11) is 0. The molecule has 0 aliphatic carbocycles. The summed E-state index contributed by atoms with van der Waals surface area (Å²) in [6.45, 7) is 1.19. The second-order valence-corrected chi connectivity index (χ2v) is 7.32. The predicted octanol–water partition coefficient (Wildman–Crippen LogP) is 1.95. The fraction of sp³-hybridized carbons (Fsp3) is 0.304. The maximum absolute atomic E-state index is 12.5. The number of ether oxygens (including phenoxy) is 1. The number of hydrogen-bond donors (Lipinski definition) is 3. The van der Waals surface area contributed by atoms with Gasteiger partial charge in [0.15, 0.2) is 5.78 Å². The van der Waals surface area contributed by atoms with E-state index in [1.807, 2.05) is 48.5 Å². The second kappa shape index (κ2) is 13.1. The number of alkyl halides is 1. The number of rotatable bonds is 11. The number of nitrogens with one attached hydrogen (secondary N) is 3. The zero-order valence-electron chi connectivity index (χ0n) is 17.7. The van der Waals surface area contributed by atoms with E-state index in [1.54, 1.807) is 12.1 Å². The van der Waals surface area contributed by atoms with Crippen molar-refractivity contribution in [3.05, 3.63) is 71.8 Å². The number of halogens is 1. The van der Waals surface area contributed by atoms with Crippen LogP contribution in [0, 0.1) is 0 Å². The summed E-state index contributed by atoms with van der Waals surface area (Å²) in [5.41, 5.74) is 1.68. The molecule has 170 valence electrons. The van der Waals surface area contributed by atoms with Crippen molar-refractivity contribution in [3.63, 3.8) is 0 Å². The predicted molar refractivity (Wildman–Crippen MR) is 120 cm³/mol. The van der Waals surface area contributed by atoms with E-state index in [1.165, 1.54) is 6.92 Å². The highest BCUT2D eigenvalue weighted by atomic mass is 35.5. The monoisotopic (exact) mass is 459 g/mol. The summed E-state index contributed by atoms with van der Waals surface area (Å²) in [4.78, 5) is 48.4. The lowest BCUT2D eigenvalue weighted by molar-refractivity contribution is -0.130. The van der Waals surface area contributed by atoms with E-state index >= 15 is 0 Å². The van der Waals surface area contributed by atoms with Crippen LogP contribution < -0.4 is 16.0 Å². The molecule has 0 heterocycles. The van der Waals surface area contributed by atoms with E-state index < -0.39 is 30.0 Å². The number of amides is 3. The molecule has 0 aliphatic heterocycles. The highest BCUT2D eigenvalue weighted by molar-refractivity contribution is 6.28. The molecular formula is C23H26ClN3O5. The van der Waals surface area contributed by atoms with Crippen molar-refractivity contribution in [1.82, 2.24) is 16.0 Å². The second-order valence-electron chi connectivity index (χ2n) is 7.06. The van der Waals surface area contributed by atoms with Gasteiger partial charge in [-0.1, -0.05) is 60.7 Å². The van der Waals surface area contributed by atoms with Gasteiger partial charge < -0.3 is 20.7 Å². The Bertz CT molecular complexity index is 908. The van der Waals surface area contributed by atoms with E-state index in [0.29, 0.717) is 0 Å². The zero-order chi connectivity index (χ0) is 23.3. The topological polar surface area (TPSA) is 114 Å². The summed E-state index contributed by atoms with van der Waals surface area (Å²) >= 11 is 5.67. The molecule has 0 aromatic heterocycles. The number of hydrogen-bond acceptors (Lipinski definition) is 5. The van der Waals surface area contributed by atoms with Gasteiger partial charge in [-0.3, -0.25) is 14.4 Å². The van der Waals surface area contributed by atoms with Crippen LogP contribution in [-0.4, -0.2) is 48.2 Å². The normalized spacial score (nSPS) is 12.2. The first-order chi connectivity index (χ1) is 15.4. The number of carbonyl (C=O) groups is 4. The standard InChI is InChI=1S/C23H26ClN3O5/c1-16(22(30)27-19(20(28)13-24)12-17-8-4-2-5-9-17)26-21(29)14-25-23(31)32-15-18-10-6-3-7-11-18/h2-11,16,19H,12-15H2,1H3,(H,25,31)(H,26,29)(H,27,30)/t16-,19-/m0/s1. The lowest BCUT2D eigenvalue weighted by Gasteiger charge is -2.20. The van der Waals surface area contributed by atoms with Crippen LogP contribution in [0.4, 0.5) is 4.79 Å². The van der Waals surface area contributed by atoms with Crippen LogP contribution in [0.3, 0.4) is 0 Å². The average molecular weight is 460 g/mol. The van der Waals surface area contributed by atoms with Crippen molar-refractivity contribution >= 4 is 35.3 Å². The first-order valence-electron chi connectivity index (χ1n) is 10.1. The third-order valence-electron chi connectivity index (χ3n) is 4.50. The summed E-state index contributed by atoms with van der Waals surface area (Å²) in [5, 5.41) is 7.42. The van der Waals surface area contributed by atoms with Crippen molar-refractivity contribution in [1.29, 1.82) is 0 Å². The van der Waals surface area contributed by atoms with Crippen molar-refractivity contribution < 1.29 is 23.9 Å². The molecule has 0 spiro atoms. The Hall–Kier alpha value is -3.39. The van der Waals surface area contributed by atoms with Crippen LogP contribution in [0.5, 0.6) is 0 Å². The van der Waals surface area contributed by atoms with E-state index in [-0.39, 0.29) is 31.2 Å². The summed E-state index contributed by atoms with van der Waals surface area (Å²) in [5.74, 6) is -1.68. The molecule has 2 aromatic carbocycles. The van der Waals surface area contributed by atoms with Gasteiger partial charge >= 0.3 is 6.09 Å². The van der Waals surface area contributed by atoms with Gasteiger partial charge in [0.25, 0.3) is 0 Å². The molecule has 2 rings (SSSR count). The molecule has 0 unspecified atom stereocenters. The third-order valence-corrected chi connectivity index (χ3v) is 4.76. The molecule has 0 radical (unpaired) electrons. The van der Waals surface area contributed by atoms with Gasteiger partial charge in [-0.25, -0.2) is 4.79 Å². The zero-order valence-corrected chi connectivity index (χ0v) is 18.4. The van der Waals surface area contributed by atoms with Crippen LogP contribution in [0.1, 0.15) is 18.1 Å². The molecule has 2 atom stereocenters. The molecule has 32 heavy (non-hydrogen) atoms. The quantitative estimate of drug-likeness (QED) is 0.444. The van der Waals surface area contributed by atoms with E-state index in [2.05, 4.69) is 16.0 Å². The number of ketones is 1. The Balaban J connectivity index is 1.77. The lowest BCUT2D eigenvalue weighted by atomic mass is 10.0. The molecule has 3 amide bonds. The Morgan fingerprint density at radius 1 is 0.906 bits per heavy atom. The minimum Gasteiger partial charge on any atom is -0.445 e. The maximum atomic E-state index is 12.5. The van der Waals surface area contributed by atoms with Gasteiger partial charge in [0.1, 0.15) is 19.2 Å². The Labute approximate surface area is 191 Å². The summed E-state index contributed by atoms with van der Waals surface area (Å²) < 4.78 is 5.02. The number of Topliss-reactive ketones (excluding diaryl/α,β-unsaturated/α-hetero) is 1. The molecule has 0 saturated heterocycles. The first kappa shape index (κ1) is 24.9. The largest absolute Gasteiger partial charge is 0.445 e. The van der Waals surface area contributed by atoms with E-state index in [9.17, 15) is 19.2 Å². The van der Waals surface area contributed by atoms with E-state index in [0.717, 1.165) is 11.1 Å². The fourth-order valence-corrected chi connectivity index (χ4v) is 2.96. The first-order valence-corrected chi connectivity index (χ1v) is 10.6. The minimum atomic E-state index is -0.925. The molecule has 2 aromatic rings. The SMILES string of the molecule is C[C@H](NC(=O)CNC(=O)OCc1ccccc1)C(=O)N[C@@H](Cc1ccccc1)C(=O)CCl. The average Bonchev–Trinajstić information content (AvgIpc) is 2.81. The molecule has 0 fully saturated rings. The molecule has 0 bridgehead atoms. The van der Waals surface area contributed by atoms with Crippen molar-refractivity contribution in [2.45, 2.75) is 32.0 Å². The van der Waals surface area contributed by atoms with Crippen LogP contribution >= 0.6 is 11.6 Å².